The smallest absolute Gasteiger partial charge is 0.417 e. The summed E-state index contributed by atoms with van der Waals surface area (Å²) in [7, 11) is 0. The van der Waals surface area contributed by atoms with E-state index in [-0.39, 0.29) is 41.0 Å². The maximum atomic E-state index is 14.2. The summed E-state index contributed by atoms with van der Waals surface area (Å²) >= 11 is 7.54. The highest BCUT2D eigenvalue weighted by Crippen LogP contribution is 2.42. The third kappa shape index (κ3) is 5.82. The Morgan fingerprint density at radius 1 is 1.12 bits per heavy atom. The van der Waals surface area contributed by atoms with E-state index in [0.29, 0.717) is 43.9 Å². The largest absolute Gasteiger partial charge is 0.491 e. The number of carboxylic acid groups (broad SMARTS) is 1. The Morgan fingerprint density at radius 3 is 2.58 bits per heavy atom. The van der Waals surface area contributed by atoms with E-state index in [9.17, 15) is 37.5 Å². The second kappa shape index (κ2) is 12.3. The summed E-state index contributed by atoms with van der Waals surface area (Å²) in [4.78, 5) is 37.9. The Labute approximate surface area is 277 Å². The Morgan fingerprint density at radius 2 is 1.90 bits per heavy atom. The standard InChI is InChI=1S/C33H20ClF4N5O4S/c1-15-7-21(30-29(41-15)23(14-48-30)32(45)46)20-9-18(34)3-4-26(20)47-6-5-43-16(2)42-25-10-24(33(36,37)38)27(17-8-19(35)13-40-12-17)22(11-39)28(25)31(43)44/h3-4,7-10,12-14H,5-6H2,1-2H3,(H,45,46). The first-order chi connectivity index (χ1) is 22.8. The molecule has 0 aliphatic carbocycles. The zero-order chi connectivity index (χ0) is 34.5. The average Bonchev–Trinajstić information content (AvgIpc) is 3.45. The summed E-state index contributed by atoms with van der Waals surface area (Å²) in [5.41, 5.74) is -1.93. The van der Waals surface area contributed by atoms with E-state index < -0.39 is 40.2 Å². The molecule has 0 amide bonds. The van der Waals surface area contributed by atoms with Crippen molar-refractivity contribution in [1.29, 1.82) is 5.26 Å². The molecule has 0 radical (unpaired) electrons. The molecule has 0 bridgehead atoms. The summed E-state index contributed by atoms with van der Waals surface area (Å²) in [5, 5.41) is 21.2. The number of fused-ring (bicyclic) bond motifs is 2. The van der Waals surface area contributed by atoms with E-state index in [1.807, 2.05) is 0 Å². The summed E-state index contributed by atoms with van der Waals surface area (Å²) in [5.74, 6) is -1.63. The molecule has 48 heavy (non-hydrogen) atoms. The van der Waals surface area contributed by atoms with Gasteiger partial charge in [0.2, 0.25) is 0 Å². The summed E-state index contributed by atoms with van der Waals surface area (Å²) < 4.78 is 64.6. The van der Waals surface area contributed by atoms with Gasteiger partial charge < -0.3 is 9.84 Å². The molecule has 0 saturated carbocycles. The predicted molar refractivity (Wildman–Crippen MR) is 171 cm³/mol. The number of halogens is 5. The van der Waals surface area contributed by atoms with Crippen molar-refractivity contribution < 1.29 is 32.2 Å². The molecule has 242 valence electrons. The quantitative estimate of drug-likeness (QED) is 0.168. The van der Waals surface area contributed by atoms with Crippen LogP contribution in [0.5, 0.6) is 5.75 Å². The normalized spacial score (nSPS) is 11.6. The highest BCUT2D eigenvalue weighted by Gasteiger charge is 2.37. The van der Waals surface area contributed by atoms with E-state index in [0.717, 1.165) is 18.5 Å². The van der Waals surface area contributed by atoms with Gasteiger partial charge in [0.15, 0.2) is 0 Å². The number of pyridine rings is 2. The monoisotopic (exact) mass is 693 g/mol. The molecule has 0 atom stereocenters. The first-order valence-corrected chi connectivity index (χ1v) is 15.3. The number of alkyl halides is 3. The molecule has 0 spiro atoms. The average molecular weight is 694 g/mol. The number of hydrogen-bond acceptors (Lipinski definition) is 8. The van der Waals surface area contributed by atoms with E-state index in [1.165, 1.54) is 28.2 Å². The van der Waals surface area contributed by atoms with Crippen LogP contribution in [0.3, 0.4) is 0 Å². The molecule has 4 aromatic heterocycles. The van der Waals surface area contributed by atoms with Crippen molar-refractivity contribution in [2.24, 2.45) is 0 Å². The van der Waals surface area contributed by atoms with Gasteiger partial charge in [0.25, 0.3) is 5.56 Å². The number of aromatic carboxylic acids is 1. The molecular weight excluding hydrogens is 674 g/mol. The summed E-state index contributed by atoms with van der Waals surface area (Å²) in [6, 6.07) is 9.82. The van der Waals surface area contributed by atoms with E-state index in [1.54, 1.807) is 37.3 Å². The molecule has 0 saturated heterocycles. The van der Waals surface area contributed by atoms with Crippen LogP contribution in [0.4, 0.5) is 17.6 Å². The number of aryl methyl sites for hydroxylation is 2. The first kappa shape index (κ1) is 32.5. The number of thiophene rings is 1. The van der Waals surface area contributed by atoms with Gasteiger partial charge in [-0.3, -0.25) is 19.3 Å². The maximum absolute atomic E-state index is 14.2. The molecule has 0 aliphatic rings. The second-order valence-corrected chi connectivity index (χ2v) is 11.9. The van der Waals surface area contributed by atoms with Crippen LogP contribution >= 0.6 is 22.9 Å². The SMILES string of the molecule is Cc1cc(-c2cc(Cl)ccc2OCCn2c(C)nc3cc(C(F)(F)F)c(-c4cncc(F)c4)c(C#N)c3c2=O)c2scc(C(=O)O)c2n1. The molecule has 2 aromatic carbocycles. The second-order valence-electron chi connectivity index (χ2n) is 10.6. The van der Waals surface area contributed by atoms with Crippen LogP contribution in [0.15, 0.2) is 59.0 Å². The molecule has 0 unspecified atom stereocenters. The molecule has 1 N–H and O–H groups in total. The summed E-state index contributed by atoms with van der Waals surface area (Å²) in [6.45, 7) is 2.92. The topological polar surface area (TPSA) is 131 Å². The van der Waals surface area contributed by atoms with Crippen molar-refractivity contribution in [2.45, 2.75) is 26.6 Å². The van der Waals surface area contributed by atoms with Gasteiger partial charge in [-0.2, -0.15) is 18.4 Å². The highest BCUT2D eigenvalue weighted by atomic mass is 35.5. The van der Waals surface area contributed by atoms with Gasteiger partial charge in [0, 0.05) is 44.5 Å². The Bertz CT molecular complexity index is 2400. The summed E-state index contributed by atoms with van der Waals surface area (Å²) in [6.07, 6.45) is -3.18. The Balaban J connectivity index is 1.42. The number of nitriles is 1. The van der Waals surface area contributed by atoms with Crippen LogP contribution in [-0.4, -0.2) is 37.2 Å². The lowest BCUT2D eigenvalue weighted by atomic mass is 9.92. The van der Waals surface area contributed by atoms with E-state index in [4.69, 9.17) is 16.3 Å². The van der Waals surface area contributed by atoms with Crippen LogP contribution < -0.4 is 10.3 Å². The minimum Gasteiger partial charge on any atom is -0.491 e. The van der Waals surface area contributed by atoms with E-state index in [2.05, 4.69) is 15.0 Å². The third-order valence-corrected chi connectivity index (χ3v) is 8.77. The van der Waals surface area contributed by atoms with Crippen molar-refractivity contribution >= 4 is 50.0 Å². The van der Waals surface area contributed by atoms with Crippen LogP contribution in [0.25, 0.3) is 43.4 Å². The van der Waals surface area contributed by atoms with Gasteiger partial charge in [0.1, 0.15) is 30.1 Å². The van der Waals surface area contributed by atoms with E-state index >= 15 is 0 Å². The first-order valence-electron chi connectivity index (χ1n) is 14.0. The minimum absolute atomic E-state index is 0.0546. The van der Waals surface area contributed by atoms with Gasteiger partial charge in [-0.05, 0) is 50.2 Å². The van der Waals surface area contributed by atoms with Gasteiger partial charge in [-0.15, -0.1) is 11.3 Å². The molecule has 9 nitrogen and oxygen atoms in total. The van der Waals surface area contributed by atoms with Gasteiger partial charge >= 0.3 is 12.1 Å². The molecule has 6 rings (SSSR count). The highest BCUT2D eigenvalue weighted by molar-refractivity contribution is 7.18. The van der Waals surface area contributed by atoms with Crippen LogP contribution in [0.2, 0.25) is 5.02 Å². The number of nitrogens with zero attached hydrogens (tertiary/aromatic N) is 5. The molecule has 6 aromatic rings. The minimum atomic E-state index is -4.97. The number of hydrogen-bond donors (Lipinski definition) is 1. The Kier molecular flexibility index (Phi) is 8.36. The lowest BCUT2D eigenvalue weighted by Gasteiger charge is -2.18. The number of rotatable bonds is 7. The fraction of sp³-hybridized carbons (Fsp3) is 0.152. The van der Waals surface area contributed by atoms with Crippen molar-refractivity contribution in [1.82, 2.24) is 19.5 Å². The lowest BCUT2D eigenvalue weighted by Crippen LogP contribution is -2.27. The molecule has 0 aliphatic heterocycles. The van der Waals surface area contributed by atoms with Crippen molar-refractivity contribution in [3.63, 3.8) is 0 Å². The van der Waals surface area contributed by atoms with Crippen molar-refractivity contribution in [3.05, 3.63) is 104 Å². The van der Waals surface area contributed by atoms with Gasteiger partial charge in [0.05, 0.1) is 50.6 Å². The number of carboxylic acids is 1. The van der Waals surface area contributed by atoms with Gasteiger partial charge in [-0.1, -0.05) is 11.6 Å². The van der Waals surface area contributed by atoms with Crippen LogP contribution in [0, 0.1) is 31.0 Å². The van der Waals surface area contributed by atoms with Crippen LogP contribution in [-0.2, 0) is 12.7 Å². The predicted octanol–water partition coefficient (Wildman–Crippen LogP) is 7.81. The zero-order valence-electron chi connectivity index (χ0n) is 24.8. The number of aromatic nitrogens is 4. The van der Waals surface area contributed by atoms with Crippen LogP contribution in [0.1, 0.15) is 33.0 Å². The molecule has 0 fully saturated rings. The van der Waals surface area contributed by atoms with Crippen molar-refractivity contribution in [3.8, 4) is 34.1 Å². The maximum Gasteiger partial charge on any atom is 0.417 e. The molecular formula is C33H20ClF4N5O4S. The lowest BCUT2D eigenvalue weighted by molar-refractivity contribution is -0.137. The fourth-order valence-corrected chi connectivity index (χ4v) is 6.69. The fourth-order valence-electron chi connectivity index (χ4n) is 5.51. The number of ether oxygens (including phenoxy) is 1. The molecule has 4 heterocycles. The third-order valence-electron chi connectivity index (χ3n) is 7.53. The number of carbonyl (C=O) groups is 1. The Hall–Kier alpha value is -5.39. The van der Waals surface area contributed by atoms with Gasteiger partial charge in [-0.25, -0.2) is 14.2 Å². The van der Waals surface area contributed by atoms with Crippen molar-refractivity contribution in [2.75, 3.05) is 6.61 Å². The zero-order valence-corrected chi connectivity index (χ0v) is 26.4. The molecule has 15 heteroatoms. The number of benzene rings is 2.